The molecule has 1 aromatic rings. The number of nitrogens with zero attached hydrogens (tertiary/aromatic N) is 2. The van der Waals surface area contributed by atoms with Crippen molar-refractivity contribution in [3.8, 4) is 0 Å². The molecule has 1 aliphatic heterocycles. The summed E-state index contributed by atoms with van der Waals surface area (Å²) in [6.45, 7) is 4.70. The van der Waals surface area contributed by atoms with Crippen molar-refractivity contribution < 1.29 is 14.6 Å². The van der Waals surface area contributed by atoms with Crippen molar-refractivity contribution >= 4 is 5.97 Å². The van der Waals surface area contributed by atoms with Gasteiger partial charge in [-0.05, 0) is 50.4 Å². The van der Waals surface area contributed by atoms with Gasteiger partial charge in [0.15, 0.2) is 0 Å². The zero-order valence-corrected chi connectivity index (χ0v) is 12.8. The molecule has 116 valence electrons. The maximum Gasteiger partial charge on any atom is 0.303 e. The summed E-state index contributed by atoms with van der Waals surface area (Å²) in [6, 6.07) is 4.40. The van der Waals surface area contributed by atoms with E-state index in [1.165, 1.54) is 6.42 Å². The third-order valence-corrected chi connectivity index (χ3v) is 3.95. The first-order valence-corrected chi connectivity index (χ1v) is 7.52. The zero-order chi connectivity index (χ0) is 15.2. The molecule has 0 radical (unpaired) electrons. The number of carboxylic acids is 1. The summed E-state index contributed by atoms with van der Waals surface area (Å²) in [6.07, 6.45) is 3.02. The van der Waals surface area contributed by atoms with Crippen LogP contribution in [0.5, 0.6) is 0 Å². The van der Waals surface area contributed by atoms with Crippen LogP contribution in [-0.2, 0) is 16.0 Å². The van der Waals surface area contributed by atoms with Crippen molar-refractivity contribution in [1.29, 1.82) is 0 Å². The Balaban J connectivity index is 2.12. The number of likely N-dealkylation sites (tertiary alicyclic amines) is 1. The lowest BCUT2D eigenvalue weighted by Gasteiger charge is -2.24. The van der Waals surface area contributed by atoms with E-state index in [1.807, 2.05) is 13.0 Å². The molecule has 1 saturated heterocycles. The monoisotopic (exact) mass is 292 g/mol. The van der Waals surface area contributed by atoms with Gasteiger partial charge >= 0.3 is 5.97 Å². The van der Waals surface area contributed by atoms with Gasteiger partial charge in [-0.1, -0.05) is 0 Å². The topological polar surface area (TPSA) is 62.7 Å². The smallest absolute Gasteiger partial charge is 0.303 e. The second-order valence-corrected chi connectivity index (χ2v) is 5.62. The molecule has 0 amide bonds. The summed E-state index contributed by atoms with van der Waals surface area (Å²) in [7, 11) is 1.72. The second-order valence-electron chi connectivity index (χ2n) is 5.62. The number of aromatic nitrogens is 1. The summed E-state index contributed by atoms with van der Waals surface area (Å²) in [4.78, 5) is 17.8. The largest absolute Gasteiger partial charge is 0.481 e. The Morgan fingerprint density at radius 1 is 1.52 bits per heavy atom. The molecule has 2 heterocycles. The highest BCUT2D eigenvalue weighted by Crippen LogP contribution is 2.31. The van der Waals surface area contributed by atoms with Crippen LogP contribution in [0.3, 0.4) is 0 Å². The van der Waals surface area contributed by atoms with Crippen LogP contribution < -0.4 is 0 Å². The molecule has 0 unspecified atom stereocenters. The number of carboxylic acid groups (broad SMARTS) is 1. The van der Waals surface area contributed by atoms with Crippen molar-refractivity contribution in [2.24, 2.45) is 0 Å². The molecule has 1 fully saturated rings. The molecule has 0 bridgehead atoms. The van der Waals surface area contributed by atoms with Crippen molar-refractivity contribution in [1.82, 2.24) is 9.88 Å². The molecule has 2 rings (SSSR count). The summed E-state index contributed by atoms with van der Waals surface area (Å²) in [5.41, 5.74) is 3.11. The summed E-state index contributed by atoms with van der Waals surface area (Å²) in [5.74, 6) is -0.756. The number of methoxy groups -OCH3 is 1. The van der Waals surface area contributed by atoms with Gasteiger partial charge in [0, 0.05) is 25.8 Å². The highest BCUT2D eigenvalue weighted by molar-refractivity contribution is 5.67. The third kappa shape index (κ3) is 4.51. The van der Waals surface area contributed by atoms with Crippen LogP contribution in [-0.4, -0.2) is 47.8 Å². The maximum atomic E-state index is 10.7. The number of carbonyl (C=O) groups is 1. The number of rotatable bonds is 7. The van der Waals surface area contributed by atoms with Gasteiger partial charge in [-0.3, -0.25) is 14.7 Å². The Morgan fingerprint density at radius 2 is 2.33 bits per heavy atom. The van der Waals surface area contributed by atoms with Crippen molar-refractivity contribution in [3.05, 3.63) is 29.1 Å². The lowest BCUT2D eigenvalue weighted by molar-refractivity contribution is -0.136. The molecule has 0 aromatic carbocycles. The standard InChI is InChI=1S/C16H24N2O3/c1-12-10-13(5-6-16(19)20)11-14(17-12)15-4-3-7-18(15)8-9-21-2/h10-11,15H,3-9H2,1-2H3,(H,19,20)/t15-/m0/s1. The van der Waals surface area contributed by atoms with Gasteiger partial charge in [0.2, 0.25) is 0 Å². The van der Waals surface area contributed by atoms with Crippen molar-refractivity contribution in [2.45, 2.75) is 38.6 Å². The van der Waals surface area contributed by atoms with E-state index in [-0.39, 0.29) is 6.42 Å². The number of hydrogen-bond acceptors (Lipinski definition) is 4. The van der Waals surface area contributed by atoms with Gasteiger partial charge in [0.05, 0.1) is 18.3 Å². The molecule has 5 heteroatoms. The molecule has 1 atom stereocenters. The predicted molar refractivity (Wildman–Crippen MR) is 80.4 cm³/mol. The Morgan fingerprint density at radius 3 is 3.05 bits per heavy atom. The number of aliphatic carboxylic acids is 1. The first-order chi connectivity index (χ1) is 10.1. The zero-order valence-electron chi connectivity index (χ0n) is 12.8. The van der Waals surface area contributed by atoms with Gasteiger partial charge < -0.3 is 9.84 Å². The Bertz CT molecular complexity index is 490. The van der Waals surface area contributed by atoms with E-state index in [2.05, 4.69) is 16.0 Å². The normalized spacial score (nSPS) is 19.0. The van der Waals surface area contributed by atoms with Gasteiger partial charge in [0.25, 0.3) is 0 Å². The molecule has 0 saturated carbocycles. The molecule has 1 aliphatic rings. The van der Waals surface area contributed by atoms with Crippen LogP contribution in [0.4, 0.5) is 0 Å². The van der Waals surface area contributed by atoms with E-state index < -0.39 is 5.97 Å². The second kappa shape index (κ2) is 7.52. The third-order valence-electron chi connectivity index (χ3n) is 3.95. The van der Waals surface area contributed by atoms with E-state index in [4.69, 9.17) is 9.84 Å². The average Bonchev–Trinajstić information content (AvgIpc) is 2.90. The van der Waals surface area contributed by atoms with Crippen LogP contribution in [0.25, 0.3) is 0 Å². The molecular weight excluding hydrogens is 268 g/mol. The lowest BCUT2D eigenvalue weighted by Crippen LogP contribution is -2.27. The minimum atomic E-state index is -0.756. The van der Waals surface area contributed by atoms with Gasteiger partial charge in [-0.15, -0.1) is 0 Å². The fraction of sp³-hybridized carbons (Fsp3) is 0.625. The Kier molecular flexibility index (Phi) is 5.70. The van der Waals surface area contributed by atoms with E-state index in [0.717, 1.165) is 43.1 Å². The molecule has 1 aromatic heterocycles. The highest BCUT2D eigenvalue weighted by Gasteiger charge is 2.27. The van der Waals surface area contributed by atoms with Crippen LogP contribution in [0.2, 0.25) is 0 Å². The SMILES string of the molecule is COCCN1CCC[C@H]1c1cc(CCC(=O)O)cc(C)n1. The number of pyridine rings is 1. The van der Waals surface area contributed by atoms with E-state index in [1.54, 1.807) is 7.11 Å². The van der Waals surface area contributed by atoms with Crippen molar-refractivity contribution in [2.75, 3.05) is 26.8 Å². The van der Waals surface area contributed by atoms with Gasteiger partial charge in [-0.2, -0.15) is 0 Å². The Hall–Kier alpha value is -1.46. The maximum absolute atomic E-state index is 10.7. The average molecular weight is 292 g/mol. The lowest BCUT2D eigenvalue weighted by atomic mass is 10.0. The number of aryl methyl sites for hydroxylation is 2. The quantitative estimate of drug-likeness (QED) is 0.834. The Labute approximate surface area is 125 Å². The van der Waals surface area contributed by atoms with E-state index in [0.29, 0.717) is 12.5 Å². The highest BCUT2D eigenvalue weighted by atomic mass is 16.5. The fourth-order valence-electron chi connectivity index (χ4n) is 2.97. The van der Waals surface area contributed by atoms with E-state index in [9.17, 15) is 4.79 Å². The van der Waals surface area contributed by atoms with Crippen LogP contribution >= 0.6 is 0 Å². The minimum absolute atomic E-state index is 0.168. The van der Waals surface area contributed by atoms with E-state index >= 15 is 0 Å². The molecule has 0 aliphatic carbocycles. The van der Waals surface area contributed by atoms with Crippen LogP contribution in [0, 0.1) is 6.92 Å². The molecule has 1 N–H and O–H groups in total. The molecule has 5 nitrogen and oxygen atoms in total. The fourth-order valence-corrected chi connectivity index (χ4v) is 2.97. The molecular formula is C16H24N2O3. The minimum Gasteiger partial charge on any atom is -0.481 e. The first-order valence-electron chi connectivity index (χ1n) is 7.52. The molecule has 0 spiro atoms. The molecule has 21 heavy (non-hydrogen) atoms. The number of hydrogen-bond donors (Lipinski definition) is 1. The van der Waals surface area contributed by atoms with Gasteiger partial charge in [0.1, 0.15) is 0 Å². The first kappa shape index (κ1) is 15.9. The van der Waals surface area contributed by atoms with Crippen molar-refractivity contribution in [3.63, 3.8) is 0 Å². The predicted octanol–water partition coefficient (Wildman–Crippen LogP) is 2.19. The van der Waals surface area contributed by atoms with Gasteiger partial charge in [-0.25, -0.2) is 0 Å². The van der Waals surface area contributed by atoms with Crippen LogP contribution in [0.1, 0.15) is 42.3 Å². The number of ether oxygens (including phenoxy) is 1. The summed E-state index contributed by atoms with van der Waals surface area (Å²) in [5, 5.41) is 8.83. The summed E-state index contributed by atoms with van der Waals surface area (Å²) >= 11 is 0. The summed E-state index contributed by atoms with van der Waals surface area (Å²) < 4.78 is 5.17. The van der Waals surface area contributed by atoms with Crippen LogP contribution in [0.15, 0.2) is 12.1 Å².